The molecule has 7 heteroatoms. The first kappa shape index (κ1) is 18.5. The highest BCUT2D eigenvalue weighted by Gasteiger charge is 2.13. The Bertz CT molecular complexity index is 725. The lowest BCUT2D eigenvalue weighted by Crippen LogP contribution is -2.37. The second kappa shape index (κ2) is 9.38. The van der Waals surface area contributed by atoms with Crippen LogP contribution in [0.15, 0.2) is 41.7 Å². The normalized spacial score (nSPS) is 14.5. The van der Waals surface area contributed by atoms with Crippen LogP contribution in [-0.4, -0.2) is 42.6 Å². The van der Waals surface area contributed by atoms with E-state index in [1.165, 1.54) is 18.4 Å². The molecule has 1 aliphatic rings. The van der Waals surface area contributed by atoms with Gasteiger partial charge in [0.2, 0.25) is 0 Å². The number of aliphatic imine (C=N–C) groups is 1. The number of pyridine rings is 2. The van der Waals surface area contributed by atoms with Crippen LogP contribution in [0.25, 0.3) is 0 Å². The number of hydrogen-bond acceptors (Lipinski definition) is 4. The van der Waals surface area contributed by atoms with Crippen LogP contribution in [0.5, 0.6) is 0 Å². The van der Waals surface area contributed by atoms with E-state index in [0.29, 0.717) is 11.7 Å². The Morgan fingerprint density at radius 2 is 2.00 bits per heavy atom. The Morgan fingerprint density at radius 3 is 2.73 bits per heavy atom. The van der Waals surface area contributed by atoms with Crippen molar-refractivity contribution >= 4 is 23.4 Å². The van der Waals surface area contributed by atoms with Crippen LogP contribution in [-0.2, 0) is 13.0 Å². The lowest BCUT2D eigenvalue weighted by atomic mass is 10.2. The molecule has 0 spiro atoms. The van der Waals surface area contributed by atoms with E-state index in [1.807, 2.05) is 24.4 Å². The van der Waals surface area contributed by atoms with Gasteiger partial charge in [0.1, 0.15) is 11.0 Å². The average molecular weight is 373 g/mol. The molecule has 26 heavy (non-hydrogen) atoms. The number of halogens is 1. The maximum absolute atomic E-state index is 5.81. The van der Waals surface area contributed by atoms with Crippen molar-refractivity contribution in [3.8, 4) is 0 Å². The first-order valence-corrected chi connectivity index (χ1v) is 9.37. The van der Waals surface area contributed by atoms with Crippen LogP contribution in [0.2, 0.25) is 5.15 Å². The third-order valence-corrected chi connectivity index (χ3v) is 4.64. The van der Waals surface area contributed by atoms with Crippen molar-refractivity contribution < 1.29 is 0 Å². The van der Waals surface area contributed by atoms with E-state index >= 15 is 0 Å². The fourth-order valence-corrected chi connectivity index (χ4v) is 3.09. The third-order valence-electron chi connectivity index (χ3n) is 4.42. The number of nitrogens with zero attached hydrogens (tertiary/aromatic N) is 4. The molecule has 3 heterocycles. The highest BCUT2D eigenvalue weighted by molar-refractivity contribution is 6.29. The number of anilines is 1. The molecule has 0 aliphatic carbocycles. The van der Waals surface area contributed by atoms with Crippen LogP contribution in [0, 0.1) is 0 Å². The fourth-order valence-electron chi connectivity index (χ4n) is 2.98. The fraction of sp³-hybridized carbons (Fsp3) is 0.421. The second-order valence-electron chi connectivity index (χ2n) is 6.31. The predicted molar refractivity (Wildman–Crippen MR) is 107 cm³/mol. The lowest BCUT2D eigenvalue weighted by Gasteiger charge is -2.17. The molecule has 0 aromatic carbocycles. The van der Waals surface area contributed by atoms with E-state index in [-0.39, 0.29) is 0 Å². The molecule has 6 nitrogen and oxygen atoms in total. The Balaban J connectivity index is 1.46. The number of hydrogen-bond donors (Lipinski definition) is 2. The topological polar surface area (TPSA) is 65.4 Å². The van der Waals surface area contributed by atoms with Gasteiger partial charge in [-0.15, -0.1) is 0 Å². The van der Waals surface area contributed by atoms with Crippen molar-refractivity contribution in [2.75, 3.05) is 31.6 Å². The molecule has 1 saturated heterocycles. The van der Waals surface area contributed by atoms with Gasteiger partial charge in [0.05, 0.1) is 0 Å². The van der Waals surface area contributed by atoms with E-state index in [0.717, 1.165) is 43.4 Å². The summed E-state index contributed by atoms with van der Waals surface area (Å²) in [6.45, 7) is 3.70. The molecule has 0 bridgehead atoms. The minimum atomic E-state index is 0.518. The molecule has 0 saturated carbocycles. The molecule has 2 N–H and O–H groups in total. The predicted octanol–water partition coefficient (Wildman–Crippen LogP) is 2.64. The molecule has 3 rings (SSSR count). The number of nitrogens with one attached hydrogen (secondary N) is 2. The van der Waals surface area contributed by atoms with Crippen LogP contribution >= 0.6 is 11.6 Å². The Hall–Kier alpha value is -2.34. The van der Waals surface area contributed by atoms with Crippen molar-refractivity contribution in [3.63, 3.8) is 0 Å². The maximum Gasteiger partial charge on any atom is 0.191 e. The minimum Gasteiger partial charge on any atom is -0.357 e. The zero-order valence-electron chi connectivity index (χ0n) is 15.1. The first-order valence-electron chi connectivity index (χ1n) is 8.99. The van der Waals surface area contributed by atoms with E-state index in [1.54, 1.807) is 13.2 Å². The van der Waals surface area contributed by atoms with Crippen molar-refractivity contribution in [2.45, 2.75) is 25.8 Å². The molecule has 0 unspecified atom stereocenters. The molecule has 1 fully saturated rings. The average Bonchev–Trinajstić information content (AvgIpc) is 3.21. The Kier molecular flexibility index (Phi) is 6.66. The summed E-state index contributed by atoms with van der Waals surface area (Å²) in [5.41, 5.74) is 2.34. The van der Waals surface area contributed by atoms with E-state index in [2.05, 4.69) is 36.6 Å². The van der Waals surface area contributed by atoms with Crippen LogP contribution in [0.1, 0.15) is 24.0 Å². The molecule has 2 aromatic rings. The summed E-state index contributed by atoms with van der Waals surface area (Å²) < 4.78 is 0. The van der Waals surface area contributed by atoms with Gasteiger partial charge < -0.3 is 15.5 Å². The summed E-state index contributed by atoms with van der Waals surface area (Å²) in [6.07, 6.45) is 7.05. The van der Waals surface area contributed by atoms with Gasteiger partial charge >= 0.3 is 0 Å². The highest BCUT2D eigenvalue weighted by atomic mass is 35.5. The standard InChI is InChI=1S/C19H25ClN6/c1-21-19(23-9-6-15-4-5-17(20)24-13-15)25-14-16-7-8-22-18(12-16)26-10-2-3-11-26/h4-5,7-8,12-13H,2-3,6,9-11,14H2,1H3,(H2,21,23,25). The molecule has 2 aromatic heterocycles. The summed E-state index contributed by atoms with van der Waals surface area (Å²) in [5.74, 6) is 1.85. The summed E-state index contributed by atoms with van der Waals surface area (Å²) >= 11 is 5.81. The Labute approximate surface area is 159 Å². The largest absolute Gasteiger partial charge is 0.357 e. The quantitative estimate of drug-likeness (QED) is 0.463. The minimum absolute atomic E-state index is 0.518. The van der Waals surface area contributed by atoms with Gasteiger partial charge in [-0.25, -0.2) is 9.97 Å². The molecule has 0 atom stereocenters. The van der Waals surface area contributed by atoms with Gasteiger partial charge in [0.25, 0.3) is 0 Å². The monoisotopic (exact) mass is 372 g/mol. The van der Waals surface area contributed by atoms with E-state index in [9.17, 15) is 0 Å². The zero-order valence-corrected chi connectivity index (χ0v) is 15.8. The summed E-state index contributed by atoms with van der Waals surface area (Å²) in [4.78, 5) is 15.2. The van der Waals surface area contributed by atoms with Crippen molar-refractivity contribution in [3.05, 3.63) is 52.9 Å². The zero-order chi connectivity index (χ0) is 18.2. The summed E-state index contributed by atoms with van der Waals surface area (Å²) in [5, 5.41) is 7.20. The van der Waals surface area contributed by atoms with Crippen LogP contribution in [0.3, 0.4) is 0 Å². The van der Waals surface area contributed by atoms with Crippen molar-refractivity contribution in [1.29, 1.82) is 0 Å². The van der Waals surface area contributed by atoms with Crippen molar-refractivity contribution in [1.82, 2.24) is 20.6 Å². The van der Waals surface area contributed by atoms with Crippen LogP contribution < -0.4 is 15.5 Å². The van der Waals surface area contributed by atoms with Gasteiger partial charge in [-0.1, -0.05) is 17.7 Å². The number of guanidine groups is 1. The second-order valence-corrected chi connectivity index (χ2v) is 6.70. The van der Waals surface area contributed by atoms with Crippen LogP contribution in [0.4, 0.5) is 5.82 Å². The van der Waals surface area contributed by atoms with Gasteiger partial charge in [-0.2, -0.15) is 0 Å². The van der Waals surface area contributed by atoms with Gasteiger partial charge in [0, 0.05) is 45.6 Å². The molecular formula is C19H25ClN6. The first-order chi connectivity index (χ1) is 12.7. The molecule has 138 valence electrons. The van der Waals surface area contributed by atoms with Gasteiger partial charge in [-0.3, -0.25) is 4.99 Å². The van der Waals surface area contributed by atoms with Gasteiger partial charge in [0.15, 0.2) is 5.96 Å². The number of aromatic nitrogens is 2. The molecule has 0 radical (unpaired) electrons. The third kappa shape index (κ3) is 5.33. The SMILES string of the molecule is CN=C(NCCc1ccc(Cl)nc1)NCc1ccnc(N2CCCC2)c1. The molecule has 1 aliphatic heterocycles. The van der Waals surface area contributed by atoms with E-state index < -0.39 is 0 Å². The Morgan fingerprint density at radius 1 is 1.15 bits per heavy atom. The lowest BCUT2D eigenvalue weighted by molar-refractivity contribution is 0.791. The molecular weight excluding hydrogens is 348 g/mol. The van der Waals surface area contributed by atoms with E-state index in [4.69, 9.17) is 11.6 Å². The molecule has 0 amide bonds. The van der Waals surface area contributed by atoms with Crippen molar-refractivity contribution in [2.24, 2.45) is 4.99 Å². The number of rotatable bonds is 6. The highest BCUT2D eigenvalue weighted by Crippen LogP contribution is 2.18. The van der Waals surface area contributed by atoms with Gasteiger partial charge in [-0.05, 0) is 48.6 Å². The smallest absolute Gasteiger partial charge is 0.191 e. The summed E-state index contributed by atoms with van der Waals surface area (Å²) in [7, 11) is 1.78. The maximum atomic E-state index is 5.81. The summed E-state index contributed by atoms with van der Waals surface area (Å²) in [6, 6.07) is 8.00.